The van der Waals surface area contributed by atoms with E-state index in [9.17, 15) is 0 Å². The molecular formula is C16H25NO4. The van der Waals surface area contributed by atoms with Gasteiger partial charge in [-0.3, -0.25) is 4.79 Å². The van der Waals surface area contributed by atoms with Crippen LogP contribution in [0.15, 0.2) is 29.4 Å². The van der Waals surface area contributed by atoms with E-state index < -0.39 is 0 Å². The van der Waals surface area contributed by atoms with E-state index in [4.69, 9.17) is 19.5 Å². The summed E-state index contributed by atoms with van der Waals surface area (Å²) < 4.78 is 5.22. The predicted octanol–water partition coefficient (Wildman–Crippen LogP) is 3.25. The molecule has 1 aliphatic heterocycles. The molecule has 5 heteroatoms. The van der Waals surface area contributed by atoms with Crippen molar-refractivity contribution in [1.82, 2.24) is 0 Å². The number of rotatable bonds is 3. The Hall–Kier alpha value is -1.88. The number of hydrogen-bond donors (Lipinski definition) is 1. The molecular weight excluding hydrogens is 270 g/mol. The number of ether oxygens (including phenoxy) is 1. The maximum atomic E-state index is 8.36. The molecule has 0 radical (unpaired) electrons. The number of oxime groups is 1. The minimum absolute atomic E-state index is 0.125. The zero-order valence-corrected chi connectivity index (χ0v) is 13.2. The quantitative estimate of drug-likeness (QED) is 0.528. The van der Waals surface area contributed by atoms with Gasteiger partial charge in [-0.2, -0.15) is 0 Å². The fourth-order valence-corrected chi connectivity index (χ4v) is 1.60. The first-order valence-corrected chi connectivity index (χ1v) is 7.10. The van der Waals surface area contributed by atoms with Gasteiger partial charge in [-0.05, 0) is 19.4 Å². The van der Waals surface area contributed by atoms with Crippen LogP contribution >= 0.6 is 0 Å². The Labute approximate surface area is 126 Å². The lowest BCUT2D eigenvalue weighted by molar-refractivity contribution is -0.122. The van der Waals surface area contributed by atoms with Gasteiger partial charge in [0.2, 0.25) is 0 Å². The molecule has 1 aliphatic rings. The van der Waals surface area contributed by atoms with Gasteiger partial charge in [0.15, 0.2) is 6.10 Å². The lowest BCUT2D eigenvalue weighted by Gasteiger charge is -2.06. The minimum atomic E-state index is -0.250. The summed E-state index contributed by atoms with van der Waals surface area (Å²) in [6, 6.07) is 8.27. The maximum absolute atomic E-state index is 8.36. The van der Waals surface area contributed by atoms with Crippen LogP contribution in [0.1, 0.15) is 38.3 Å². The summed E-state index contributed by atoms with van der Waals surface area (Å²) in [5, 5.41) is 11.0. The van der Waals surface area contributed by atoms with Crippen molar-refractivity contribution in [3.63, 3.8) is 0 Å². The molecule has 0 spiro atoms. The van der Waals surface area contributed by atoms with E-state index in [1.807, 2.05) is 20.8 Å². The van der Waals surface area contributed by atoms with E-state index in [2.05, 4.69) is 36.3 Å². The highest BCUT2D eigenvalue weighted by atomic mass is 16.7. The molecule has 1 saturated heterocycles. The Kier molecular flexibility index (Phi) is 10.8. The van der Waals surface area contributed by atoms with Gasteiger partial charge in [-0.15, -0.1) is 0 Å². The van der Waals surface area contributed by atoms with Gasteiger partial charge >= 0.3 is 0 Å². The van der Waals surface area contributed by atoms with E-state index in [0.29, 0.717) is 6.61 Å². The molecule has 1 fully saturated rings. The molecule has 0 aliphatic carbocycles. The summed E-state index contributed by atoms with van der Waals surface area (Å²) in [5.74, 6) is 0. The molecule has 1 atom stereocenters. The van der Waals surface area contributed by atoms with Crippen LogP contribution in [0.3, 0.4) is 0 Å². The first-order chi connectivity index (χ1) is 10.2. The van der Waals surface area contributed by atoms with E-state index in [1.165, 1.54) is 5.56 Å². The van der Waals surface area contributed by atoms with Crippen molar-refractivity contribution in [2.24, 2.45) is 5.16 Å². The van der Waals surface area contributed by atoms with Crippen LogP contribution in [0.5, 0.6) is 0 Å². The van der Waals surface area contributed by atoms with Crippen LogP contribution in [0.25, 0.3) is 0 Å². The van der Waals surface area contributed by atoms with E-state index in [-0.39, 0.29) is 12.6 Å². The largest absolute Gasteiger partial charge is 0.483 e. The first-order valence-electron chi connectivity index (χ1n) is 7.10. The van der Waals surface area contributed by atoms with Gasteiger partial charge in [0.1, 0.15) is 0 Å². The molecule has 0 bridgehead atoms. The summed E-state index contributed by atoms with van der Waals surface area (Å²) in [6.07, 6.45) is 1.06. The number of hydrogen-bond acceptors (Lipinski definition) is 4. The van der Waals surface area contributed by atoms with Crippen molar-refractivity contribution in [3.05, 3.63) is 35.4 Å². The fraction of sp³-hybridized carbons (Fsp3) is 0.500. The van der Waals surface area contributed by atoms with Crippen molar-refractivity contribution in [2.45, 2.75) is 40.2 Å². The second-order valence-electron chi connectivity index (χ2n) is 4.24. The van der Waals surface area contributed by atoms with Crippen molar-refractivity contribution in [1.29, 1.82) is 0 Å². The Morgan fingerprint density at radius 3 is 2.43 bits per heavy atom. The van der Waals surface area contributed by atoms with Gasteiger partial charge in [0.25, 0.3) is 6.47 Å². The Morgan fingerprint density at radius 2 is 1.95 bits per heavy atom. The number of aryl methyl sites for hydroxylation is 1. The van der Waals surface area contributed by atoms with Crippen molar-refractivity contribution < 1.29 is 19.5 Å². The van der Waals surface area contributed by atoms with Crippen molar-refractivity contribution in [2.75, 3.05) is 13.2 Å². The fourth-order valence-electron chi connectivity index (χ4n) is 1.60. The highest BCUT2D eigenvalue weighted by molar-refractivity contribution is 5.98. The van der Waals surface area contributed by atoms with Crippen LogP contribution in [-0.4, -0.2) is 36.6 Å². The molecule has 0 aromatic heterocycles. The molecule has 1 aromatic rings. The SMILES string of the molecule is C/C(=N/O[C@@H]1CCOC1)c1ccc(C)cc1.CC.O=CO. The lowest BCUT2D eigenvalue weighted by Crippen LogP contribution is -2.10. The first kappa shape index (κ1) is 19.1. The smallest absolute Gasteiger partial charge is 0.290 e. The molecule has 1 aromatic carbocycles. The van der Waals surface area contributed by atoms with Gasteiger partial charge in [-0.25, -0.2) is 0 Å². The molecule has 1 heterocycles. The van der Waals surface area contributed by atoms with Crippen molar-refractivity contribution >= 4 is 12.2 Å². The average Bonchev–Trinajstić information content (AvgIpc) is 3.02. The molecule has 0 unspecified atom stereocenters. The Balaban J connectivity index is 0.000000713. The van der Waals surface area contributed by atoms with Gasteiger partial charge in [-0.1, -0.05) is 48.8 Å². The molecule has 1 N–H and O–H groups in total. The topological polar surface area (TPSA) is 68.1 Å². The van der Waals surface area contributed by atoms with Crippen LogP contribution in [0, 0.1) is 6.92 Å². The standard InChI is InChI=1S/C13H17NO2.C2H6.CH2O2/c1-10-3-5-12(6-4-10)11(2)14-16-13-7-8-15-9-13;1-2;2-1-3/h3-6,13H,7-9H2,1-2H3;1-2H3;1H,(H,2,3)/b14-11-;;/t13-;;/m1../s1. The van der Waals surface area contributed by atoms with Gasteiger partial charge < -0.3 is 14.7 Å². The molecule has 5 nitrogen and oxygen atoms in total. The Morgan fingerprint density at radius 1 is 1.38 bits per heavy atom. The van der Waals surface area contributed by atoms with Crippen molar-refractivity contribution in [3.8, 4) is 0 Å². The van der Waals surface area contributed by atoms with Crippen LogP contribution in [-0.2, 0) is 14.4 Å². The second kappa shape index (κ2) is 11.9. The normalized spacial score (nSPS) is 17.0. The summed E-state index contributed by atoms with van der Waals surface area (Å²) in [4.78, 5) is 13.8. The summed E-state index contributed by atoms with van der Waals surface area (Å²) in [6.45, 7) is 9.22. The molecule has 21 heavy (non-hydrogen) atoms. The molecule has 118 valence electrons. The zero-order chi connectivity index (χ0) is 16.1. The Bertz CT molecular complexity index is 409. The van der Waals surface area contributed by atoms with E-state index in [0.717, 1.165) is 24.3 Å². The molecule has 2 rings (SSSR count). The summed E-state index contributed by atoms with van der Waals surface area (Å²) in [5.41, 5.74) is 3.26. The van der Waals surface area contributed by atoms with Gasteiger partial charge in [0, 0.05) is 6.42 Å². The van der Waals surface area contributed by atoms with Crippen LogP contribution in [0.4, 0.5) is 0 Å². The third kappa shape index (κ3) is 8.09. The number of carbonyl (C=O) groups is 1. The zero-order valence-electron chi connectivity index (χ0n) is 13.2. The third-order valence-corrected chi connectivity index (χ3v) is 2.70. The maximum Gasteiger partial charge on any atom is 0.290 e. The van der Waals surface area contributed by atoms with E-state index >= 15 is 0 Å². The molecule has 0 saturated carbocycles. The second-order valence-corrected chi connectivity index (χ2v) is 4.24. The molecule has 0 amide bonds. The lowest BCUT2D eigenvalue weighted by atomic mass is 10.1. The monoisotopic (exact) mass is 295 g/mol. The number of benzene rings is 1. The third-order valence-electron chi connectivity index (χ3n) is 2.70. The van der Waals surface area contributed by atoms with Crippen LogP contribution < -0.4 is 0 Å². The average molecular weight is 295 g/mol. The highest BCUT2D eigenvalue weighted by Crippen LogP contribution is 2.10. The van der Waals surface area contributed by atoms with Gasteiger partial charge in [0.05, 0.1) is 18.9 Å². The number of carboxylic acid groups (broad SMARTS) is 1. The highest BCUT2D eigenvalue weighted by Gasteiger charge is 2.16. The minimum Gasteiger partial charge on any atom is -0.483 e. The summed E-state index contributed by atoms with van der Waals surface area (Å²) >= 11 is 0. The van der Waals surface area contributed by atoms with Crippen LogP contribution in [0.2, 0.25) is 0 Å². The number of nitrogens with zero attached hydrogens (tertiary/aromatic N) is 1. The summed E-state index contributed by atoms with van der Waals surface area (Å²) in [7, 11) is 0. The van der Waals surface area contributed by atoms with E-state index in [1.54, 1.807) is 0 Å². The predicted molar refractivity (Wildman–Crippen MR) is 83.7 cm³/mol.